The summed E-state index contributed by atoms with van der Waals surface area (Å²) in [6, 6.07) is 3.65. The first-order valence-electron chi connectivity index (χ1n) is 10.6. The predicted molar refractivity (Wildman–Crippen MR) is 113 cm³/mol. The summed E-state index contributed by atoms with van der Waals surface area (Å²) >= 11 is 0. The SMILES string of the molecule is CCC(C)(C)CCCCc1c(CCCCCC(C)(C)C)ccc(O)c1O. The van der Waals surface area contributed by atoms with Crippen molar-refractivity contribution in [3.63, 3.8) is 0 Å². The molecule has 150 valence electrons. The van der Waals surface area contributed by atoms with Gasteiger partial charge >= 0.3 is 0 Å². The third kappa shape index (κ3) is 8.47. The highest BCUT2D eigenvalue weighted by Crippen LogP contribution is 2.34. The lowest BCUT2D eigenvalue weighted by Gasteiger charge is -2.22. The molecule has 0 heterocycles. The zero-order valence-corrected chi connectivity index (χ0v) is 18.1. The number of hydrogen-bond acceptors (Lipinski definition) is 2. The summed E-state index contributed by atoms with van der Waals surface area (Å²) in [5.74, 6) is 0.123. The van der Waals surface area contributed by atoms with Gasteiger partial charge in [0.25, 0.3) is 0 Å². The van der Waals surface area contributed by atoms with Gasteiger partial charge in [-0.3, -0.25) is 0 Å². The molecule has 0 bridgehead atoms. The molecule has 0 unspecified atom stereocenters. The van der Waals surface area contributed by atoms with Crippen molar-refractivity contribution in [2.75, 3.05) is 0 Å². The van der Waals surface area contributed by atoms with Crippen LogP contribution in [0.3, 0.4) is 0 Å². The van der Waals surface area contributed by atoms with Crippen molar-refractivity contribution in [1.82, 2.24) is 0 Å². The summed E-state index contributed by atoms with van der Waals surface area (Å²) in [6.07, 6.45) is 11.4. The summed E-state index contributed by atoms with van der Waals surface area (Å²) in [5, 5.41) is 20.2. The molecule has 2 N–H and O–H groups in total. The summed E-state index contributed by atoms with van der Waals surface area (Å²) in [4.78, 5) is 0. The number of hydrogen-bond donors (Lipinski definition) is 2. The maximum Gasteiger partial charge on any atom is 0.160 e. The first-order valence-corrected chi connectivity index (χ1v) is 10.6. The Hall–Kier alpha value is -1.18. The first-order chi connectivity index (χ1) is 12.1. The molecule has 26 heavy (non-hydrogen) atoms. The predicted octanol–water partition coefficient (Wildman–Crippen LogP) is 7.40. The van der Waals surface area contributed by atoms with E-state index in [1.165, 1.54) is 44.1 Å². The van der Waals surface area contributed by atoms with Crippen molar-refractivity contribution in [2.45, 2.75) is 106 Å². The van der Waals surface area contributed by atoms with E-state index in [2.05, 4.69) is 41.5 Å². The van der Waals surface area contributed by atoms with Gasteiger partial charge in [0.15, 0.2) is 11.5 Å². The van der Waals surface area contributed by atoms with Crippen LogP contribution in [0.2, 0.25) is 0 Å². The van der Waals surface area contributed by atoms with E-state index in [1.54, 1.807) is 6.07 Å². The smallest absolute Gasteiger partial charge is 0.160 e. The van der Waals surface area contributed by atoms with Crippen LogP contribution in [0, 0.1) is 10.8 Å². The molecule has 0 fully saturated rings. The number of aryl methyl sites for hydroxylation is 1. The second kappa shape index (κ2) is 10.2. The monoisotopic (exact) mass is 362 g/mol. The highest BCUT2D eigenvalue weighted by molar-refractivity contribution is 5.49. The minimum Gasteiger partial charge on any atom is -0.504 e. The fourth-order valence-electron chi connectivity index (χ4n) is 3.41. The average molecular weight is 363 g/mol. The number of rotatable bonds is 11. The Bertz CT molecular complexity index is 538. The third-order valence-electron chi connectivity index (χ3n) is 5.72. The lowest BCUT2D eigenvalue weighted by Crippen LogP contribution is -2.09. The number of phenols is 2. The molecule has 0 aromatic heterocycles. The van der Waals surface area contributed by atoms with Gasteiger partial charge < -0.3 is 10.2 Å². The third-order valence-corrected chi connectivity index (χ3v) is 5.72. The van der Waals surface area contributed by atoms with E-state index in [4.69, 9.17) is 0 Å². The summed E-state index contributed by atoms with van der Waals surface area (Å²) in [5.41, 5.74) is 2.99. The summed E-state index contributed by atoms with van der Waals surface area (Å²) in [6.45, 7) is 13.8. The molecule has 0 atom stereocenters. The summed E-state index contributed by atoms with van der Waals surface area (Å²) in [7, 11) is 0. The Morgan fingerprint density at radius 1 is 0.769 bits per heavy atom. The summed E-state index contributed by atoms with van der Waals surface area (Å²) < 4.78 is 0. The quantitative estimate of drug-likeness (QED) is 0.318. The fourth-order valence-corrected chi connectivity index (χ4v) is 3.41. The molecule has 0 aliphatic heterocycles. The van der Waals surface area contributed by atoms with Gasteiger partial charge in [0.05, 0.1) is 0 Å². The molecule has 0 saturated heterocycles. The molecular weight excluding hydrogens is 320 g/mol. The minimum atomic E-state index is 0.0189. The normalized spacial score (nSPS) is 12.5. The van der Waals surface area contributed by atoms with Gasteiger partial charge in [0.1, 0.15) is 0 Å². The van der Waals surface area contributed by atoms with E-state index in [1.807, 2.05) is 6.07 Å². The van der Waals surface area contributed by atoms with Crippen LogP contribution in [0.5, 0.6) is 11.5 Å². The molecule has 0 spiro atoms. The molecule has 0 aliphatic carbocycles. The van der Waals surface area contributed by atoms with E-state index in [0.717, 1.165) is 31.2 Å². The standard InChI is InChI=1S/C24H42O2/c1-7-24(5,6)18-12-10-14-20-19(15-16-21(25)22(20)26)13-9-8-11-17-23(2,3)4/h15-16,25-26H,7-14,17-18H2,1-6H3. The molecule has 2 heteroatoms. The van der Waals surface area contributed by atoms with E-state index < -0.39 is 0 Å². The number of unbranched alkanes of at least 4 members (excludes halogenated alkanes) is 3. The number of benzene rings is 1. The molecule has 2 nitrogen and oxygen atoms in total. The Morgan fingerprint density at radius 3 is 2.00 bits per heavy atom. The van der Waals surface area contributed by atoms with Gasteiger partial charge in [0.2, 0.25) is 0 Å². The molecule has 0 aliphatic rings. The van der Waals surface area contributed by atoms with Gasteiger partial charge in [0, 0.05) is 5.56 Å². The van der Waals surface area contributed by atoms with Crippen molar-refractivity contribution in [3.8, 4) is 11.5 Å². The largest absolute Gasteiger partial charge is 0.504 e. The van der Waals surface area contributed by atoms with Crippen LogP contribution in [0.4, 0.5) is 0 Å². The van der Waals surface area contributed by atoms with E-state index in [0.29, 0.717) is 10.8 Å². The van der Waals surface area contributed by atoms with Crippen LogP contribution < -0.4 is 0 Å². The van der Waals surface area contributed by atoms with Crippen LogP contribution >= 0.6 is 0 Å². The Morgan fingerprint density at radius 2 is 1.38 bits per heavy atom. The fraction of sp³-hybridized carbons (Fsp3) is 0.750. The Balaban J connectivity index is 2.57. The van der Waals surface area contributed by atoms with Crippen LogP contribution in [-0.4, -0.2) is 10.2 Å². The van der Waals surface area contributed by atoms with Crippen molar-refractivity contribution >= 4 is 0 Å². The van der Waals surface area contributed by atoms with Crippen molar-refractivity contribution in [1.29, 1.82) is 0 Å². The molecule has 1 rings (SSSR count). The molecule has 0 radical (unpaired) electrons. The van der Waals surface area contributed by atoms with Crippen molar-refractivity contribution in [2.24, 2.45) is 10.8 Å². The zero-order valence-electron chi connectivity index (χ0n) is 18.1. The van der Waals surface area contributed by atoms with Crippen LogP contribution in [0.25, 0.3) is 0 Å². The first kappa shape index (κ1) is 22.9. The van der Waals surface area contributed by atoms with Crippen molar-refractivity contribution < 1.29 is 10.2 Å². The van der Waals surface area contributed by atoms with Gasteiger partial charge in [-0.2, -0.15) is 0 Å². The lowest BCUT2D eigenvalue weighted by atomic mass is 9.84. The van der Waals surface area contributed by atoms with Gasteiger partial charge in [-0.05, 0) is 61.0 Å². The molecule has 0 saturated carbocycles. The van der Waals surface area contributed by atoms with Crippen LogP contribution in [0.1, 0.15) is 104 Å². The molecular formula is C24H42O2. The van der Waals surface area contributed by atoms with E-state index >= 15 is 0 Å². The second-order valence-electron chi connectivity index (χ2n) is 9.92. The number of aromatic hydroxyl groups is 2. The average Bonchev–Trinajstić information content (AvgIpc) is 2.55. The van der Waals surface area contributed by atoms with Crippen LogP contribution in [0.15, 0.2) is 12.1 Å². The van der Waals surface area contributed by atoms with Gasteiger partial charge in [-0.15, -0.1) is 0 Å². The zero-order chi connectivity index (χ0) is 19.8. The minimum absolute atomic E-state index is 0.0189. The highest BCUT2D eigenvalue weighted by atomic mass is 16.3. The Kier molecular flexibility index (Phi) is 9.00. The maximum atomic E-state index is 10.3. The van der Waals surface area contributed by atoms with Crippen LogP contribution in [-0.2, 0) is 12.8 Å². The van der Waals surface area contributed by atoms with E-state index in [-0.39, 0.29) is 11.5 Å². The number of phenolic OH excluding ortho intramolecular Hbond substituents is 2. The van der Waals surface area contributed by atoms with Gasteiger partial charge in [-0.1, -0.05) is 73.3 Å². The van der Waals surface area contributed by atoms with E-state index in [9.17, 15) is 10.2 Å². The molecule has 0 amide bonds. The lowest BCUT2D eigenvalue weighted by molar-refractivity contribution is 0.309. The molecule has 1 aromatic rings. The maximum absolute atomic E-state index is 10.3. The molecule has 1 aromatic carbocycles. The second-order valence-corrected chi connectivity index (χ2v) is 9.92. The Labute approximate surface area is 162 Å². The van der Waals surface area contributed by atoms with Gasteiger partial charge in [-0.25, -0.2) is 0 Å². The highest BCUT2D eigenvalue weighted by Gasteiger charge is 2.16. The van der Waals surface area contributed by atoms with Crippen molar-refractivity contribution in [3.05, 3.63) is 23.3 Å². The topological polar surface area (TPSA) is 40.5 Å².